The molecule has 5 nitrogen and oxygen atoms in total. The molecule has 0 unspecified atom stereocenters. The number of aryl methyl sites for hydroxylation is 1. The Kier molecular flexibility index (Phi) is 6.46. The van der Waals surface area contributed by atoms with E-state index >= 15 is 0 Å². The van der Waals surface area contributed by atoms with Gasteiger partial charge in [0.15, 0.2) is 5.78 Å². The Hall–Kier alpha value is -2.26. The van der Waals surface area contributed by atoms with Gasteiger partial charge in [0.1, 0.15) is 0 Å². The SMILES string of the molecule is [C-]#[N+]c1cc(C(=O)Cc2cc(Cl)cc(CN3CCN[C@@H](C)C3)c2C)cnc1C. The molecule has 0 spiro atoms. The fourth-order valence-electron chi connectivity index (χ4n) is 3.60. The number of carbonyl (C=O) groups excluding carboxylic acids is 1. The van der Waals surface area contributed by atoms with Gasteiger partial charge in [0, 0.05) is 61.1 Å². The predicted octanol–water partition coefficient (Wildman–Crippen LogP) is 4.12. The number of rotatable bonds is 5. The van der Waals surface area contributed by atoms with Crippen LogP contribution in [0.25, 0.3) is 4.85 Å². The van der Waals surface area contributed by atoms with Gasteiger partial charge in [0.2, 0.25) is 5.69 Å². The highest BCUT2D eigenvalue weighted by atomic mass is 35.5. The highest BCUT2D eigenvalue weighted by molar-refractivity contribution is 6.30. The first-order valence-electron chi connectivity index (χ1n) is 9.48. The van der Waals surface area contributed by atoms with Crippen LogP contribution >= 0.6 is 11.6 Å². The lowest BCUT2D eigenvalue weighted by molar-refractivity contribution is 0.0992. The van der Waals surface area contributed by atoms with E-state index in [1.807, 2.05) is 12.1 Å². The molecule has 1 aromatic carbocycles. The molecule has 0 aliphatic carbocycles. The van der Waals surface area contributed by atoms with Crippen molar-refractivity contribution in [2.45, 2.75) is 39.8 Å². The number of ketones is 1. The number of nitrogens with one attached hydrogen (secondary N) is 1. The number of pyridine rings is 1. The average molecular weight is 397 g/mol. The van der Waals surface area contributed by atoms with Gasteiger partial charge in [0.05, 0.1) is 6.57 Å². The molecule has 3 rings (SSSR count). The van der Waals surface area contributed by atoms with E-state index in [2.05, 4.69) is 33.9 Å². The molecule has 0 bridgehead atoms. The number of piperazine rings is 1. The second kappa shape index (κ2) is 8.83. The molecular formula is C22H25ClN4O. The minimum absolute atomic E-state index is 0.0514. The van der Waals surface area contributed by atoms with Crippen LogP contribution in [0.15, 0.2) is 24.4 Å². The number of nitrogens with zero attached hydrogens (tertiary/aromatic N) is 3. The van der Waals surface area contributed by atoms with Gasteiger partial charge in [0.25, 0.3) is 0 Å². The van der Waals surface area contributed by atoms with Crippen LogP contribution in [0.4, 0.5) is 5.69 Å². The molecule has 1 fully saturated rings. The van der Waals surface area contributed by atoms with E-state index in [9.17, 15) is 4.79 Å². The lowest BCUT2D eigenvalue weighted by Gasteiger charge is -2.32. The zero-order chi connectivity index (χ0) is 20.3. The van der Waals surface area contributed by atoms with E-state index in [4.69, 9.17) is 18.2 Å². The molecule has 146 valence electrons. The summed E-state index contributed by atoms with van der Waals surface area (Å²) in [5.41, 5.74) is 4.72. The molecule has 1 aliphatic rings. The fourth-order valence-corrected chi connectivity index (χ4v) is 3.87. The van der Waals surface area contributed by atoms with E-state index in [-0.39, 0.29) is 12.2 Å². The highest BCUT2D eigenvalue weighted by Crippen LogP contribution is 2.25. The number of hydrogen-bond acceptors (Lipinski definition) is 4. The van der Waals surface area contributed by atoms with Crippen LogP contribution in [0.2, 0.25) is 5.02 Å². The van der Waals surface area contributed by atoms with Gasteiger partial charge in [-0.15, -0.1) is 0 Å². The van der Waals surface area contributed by atoms with E-state index in [1.54, 1.807) is 19.2 Å². The molecule has 1 N–H and O–H groups in total. The number of aromatic nitrogens is 1. The third-order valence-corrected chi connectivity index (χ3v) is 5.51. The molecule has 1 aromatic heterocycles. The van der Waals surface area contributed by atoms with Gasteiger partial charge < -0.3 is 5.32 Å². The summed E-state index contributed by atoms with van der Waals surface area (Å²) in [5.74, 6) is -0.0514. The Morgan fingerprint density at radius 2 is 2.11 bits per heavy atom. The normalized spacial score (nSPS) is 17.3. The molecule has 1 saturated heterocycles. The van der Waals surface area contributed by atoms with E-state index in [1.165, 1.54) is 0 Å². The van der Waals surface area contributed by atoms with Crippen molar-refractivity contribution >= 4 is 23.1 Å². The Morgan fingerprint density at radius 1 is 1.36 bits per heavy atom. The van der Waals surface area contributed by atoms with Gasteiger partial charge in [-0.2, -0.15) is 0 Å². The number of Topliss-reactive ketones (excluding diaryl/α,β-unsaturated/α-hetero) is 1. The topological polar surface area (TPSA) is 49.6 Å². The van der Waals surface area contributed by atoms with Crippen molar-refractivity contribution in [1.82, 2.24) is 15.2 Å². The van der Waals surface area contributed by atoms with Crippen LogP contribution < -0.4 is 5.32 Å². The third-order valence-electron chi connectivity index (χ3n) is 5.29. The zero-order valence-corrected chi connectivity index (χ0v) is 17.3. The fraction of sp³-hybridized carbons (Fsp3) is 0.409. The maximum Gasteiger partial charge on any atom is 0.208 e. The Bertz CT molecular complexity index is 935. The molecule has 0 saturated carbocycles. The summed E-state index contributed by atoms with van der Waals surface area (Å²) in [7, 11) is 0. The van der Waals surface area contributed by atoms with Crippen molar-refractivity contribution in [3.8, 4) is 0 Å². The standard InChI is InChI=1S/C22H25ClN4O/c1-14-12-27(6-5-25-14)13-19-8-20(23)7-17(15(19)2)10-22(28)18-9-21(24-4)16(3)26-11-18/h7-9,11,14,25H,5-6,10,12-13H2,1-3H3/t14-/m0/s1. The first kappa shape index (κ1) is 20.5. The van der Waals surface area contributed by atoms with Crippen molar-refractivity contribution in [1.29, 1.82) is 0 Å². The van der Waals surface area contributed by atoms with Crippen molar-refractivity contribution in [2.75, 3.05) is 19.6 Å². The Labute approximate surface area is 171 Å². The van der Waals surface area contributed by atoms with Crippen molar-refractivity contribution in [2.24, 2.45) is 0 Å². The maximum atomic E-state index is 12.8. The van der Waals surface area contributed by atoms with Crippen molar-refractivity contribution in [3.63, 3.8) is 0 Å². The van der Waals surface area contributed by atoms with Gasteiger partial charge in [-0.3, -0.25) is 14.7 Å². The minimum Gasteiger partial charge on any atom is -0.312 e. The molecule has 6 heteroatoms. The summed E-state index contributed by atoms with van der Waals surface area (Å²) in [5, 5.41) is 4.10. The Morgan fingerprint density at radius 3 is 2.82 bits per heavy atom. The van der Waals surface area contributed by atoms with Crippen LogP contribution in [0, 0.1) is 20.4 Å². The van der Waals surface area contributed by atoms with Gasteiger partial charge in [-0.1, -0.05) is 11.6 Å². The number of hydrogen-bond donors (Lipinski definition) is 1. The predicted molar refractivity (Wildman–Crippen MR) is 112 cm³/mol. The van der Waals surface area contributed by atoms with E-state index in [0.717, 1.165) is 42.9 Å². The highest BCUT2D eigenvalue weighted by Gasteiger charge is 2.19. The van der Waals surface area contributed by atoms with Crippen molar-refractivity contribution < 1.29 is 4.79 Å². The largest absolute Gasteiger partial charge is 0.312 e. The van der Waals surface area contributed by atoms with Gasteiger partial charge in [-0.25, -0.2) is 4.85 Å². The van der Waals surface area contributed by atoms with Crippen molar-refractivity contribution in [3.05, 3.63) is 68.8 Å². The molecule has 28 heavy (non-hydrogen) atoms. The monoisotopic (exact) mass is 396 g/mol. The lowest BCUT2D eigenvalue weighted by atomic mass is 9.96. The summed E-state index contributed by atoms with van der Waals surface area (Å²) >= 11 is 6.37. The summed E-state index contributed by atoms with van der Waals surface area (Å²) < 4.78 is 0. The molecular weight excluding hydrogens is 372 g/mol. The first-order chi connectivity index (χ1) is 13.4. The lowest BCUT2D eigenvalue weighted by Crippen LogP contribution is -2.48. The average Bonchev–Trinajstić information content (AvgIpc) is 2.65. The molecule has 2 aromatic rings. The molecule has 1 aliphatic heterocycles. The third kappa shape index (κ3) is 4.77. The number of carbonyl (C=O) groups is 1. The van der Waals surface area contributed by atoms with E-state index < -0.39 is 0 Å². The molecule has 2 heterocycles. The smallest absolute Gasteiger partial charge is 0.208 e. The maximum absolute atomic E-state index is 12.8. The molecule has 1 atom stereocenters. The molecule has 0 radical (unpaired) electrons. The van der Waals surface area contributed by atoms with Crippen LogP contribution in [0.5, 0.6) is 0 Å². The summed E-state index contributed by atoms with van der Waals surface area (Å²) in [6, 6.07) is 5.97. The number of halogens is 1. The minimum atomic E-state index is -0.0514. The van der Waals surface area contributed by atoms with Crippen LogP contribution in [0.1, 0.15) is 39.7 Å². The quantitative estimate of drug-likeness (QED) is 0.610. The van der Waals surface area contributed by atoms with E-state index in [0.29, 0.717) is 28.0 Å². The second-order valence-electron chi connectivity index (χ2n) is 7.48. The first-order valence-corrected chi connectivity index (χ1v) is 9.86. The van der Waals surface area contributed by atoms with Crippen LogP contribution in [-0.4, -0.2) is 41.3 Å². The van der Waals surface area contributed by atoms with Gasteiger partial charge in [-0.05, 0) is 55.7 Å². The summed E-state index contributed by atoms with van der Waals surface area (Å²) in [6.45, 7) is 17.0. The van der Waals surface area contributed by atoms with Gasteiger partial charge >= 0.3 is 0 Å². The second-order valence-corrected chi connectivity index (χ2v) is 7.92. The zero-order valence-electron chi connectivity index (χ0n) is 16.6. The molecule has 0 amide bonds. The van der Waals surface area contributed by atoms with Crippen LogP contribution in [0.3, 0.4) is 0 Å². The number of benzene rings is 1. The Balaban J connectivity index is 1.81. The summed E-state index contributed by atoms with van der Waals surface area (Å²) in [4.78, 5) is 22.8. The van der Waals surface area contributed by atoms with Crippen LogP contribution in [-0.2, 0) is 13.0 Å². The summed E-state index contributed by atoms with van der Waals surface area (Å²) in [6.07, 6.45) is 1.80.